The summed E-state index contributed by atoms with van der Waals surface area (Å²) in [5.74, 6) is 0. The predicted octanol–water partition coefficient (Wildman–Crippen LogP) is -1.43. The van der Waals surface area contributed by atoms with Crippen molar-refractivity contribution in [3.8, 4) is 0 Å². The van der Waals surface area contributed by atoms with Gasteiger partial charge in [0.2, 0.25) is 6.41 Å². The molecule has 0 atom stereocenters. The number of carbonyl (C=O) groups excluding carboxylic acids is 1. The molecule has 1 N–H and O–H groups in total. The van der Waals surface area contributed by atoms with Crippen molar-refractivity contribution in [1.29, 1.82) is 0 Å². The Balaban J connectivity index is 3.48. The second kappa shape index (κ2) is 2.30. The Kier molecular flexibility index (Phi) is 1.49. The lowest BCUT2D eigenvalue weighted by molar-refractivity contribution is 0.544. The van der Waals surface area contributed by atoms with Crippen LogP contribution < -0.4 is 11.2 Å². The number of aromatic amines is 1. The van der Waals surface area contributed by atoms with Gasteiger partial charge in [0, 0.05) is 12.3 Å². The Hall–Kier alpha value is -1.65. The van der Waals surface area contributed by atoms with Crippen LogP contribution >= 0.6 is 0 Å². The summed E-state index contributed by atoms with van der Waals surface area (Å²) in [5, 5.41) is 0. The lowest BCUT2D eigenvalue weighted by atomic mass is 10.6. The van der Waals surface area contributed by atoms with Crippen LogP contribution in [0.3, 0.4) is 0 Å². The summed E-state index contributed by atoms with van der Waals surface area (Å²) < 4.78 is 0.737. The SMILES string of the molecule is O=Cn1ccc(=O)[nH]c1=O. The first-order chi connectivity index (χ1) is 4.74. The molecular weight excluding hydrogens is 136 g/mol. The molecule has 5 heteroatoms. The highest BCUT2D eigenvalue weighted by Crippen LogP contribution is 1.62. The summed E-state index contributed by atoms with van der Waals surface area (Å²) in [4.78, 5) is 32.8. The third-order valence-corrected chi connectivity index (χ3v) is 0.965. The highest BCUT2D eigenvalue weighted by Gasteiger charge is 1.90. The number of nitrogens with zero attached hydrogens (tertiary/aromatic N) is 1. The number of aromatic nitrogens is 2. The average molecular weight is 140 g/mol. The molecule has 0 amide bonds. The van der Waals surface area contributed by atoms with Crippen molar-refractivity contribution in [3.05, 3.63) is 33.1 Å². The molecule has 0 bridgehead atoms. The maximum Gasteiger partial charge on any atom is 0.334 e. The molecule has 0 aromatic carbocycles. The Morgan fingerprint density at radius 1 is 1.50 bits per heavy atom. The summed E-state index contributed by atoms with van der Waals surface area (Å²) in [5.41, 5.74) is -1.23. The molecule has 1 heterocycles. The summed E-state index contributed by atoms with van der Waals surface area (Å²) >= 11 is 0. The van der Waals surface area contributed by atoms with E-state index < -0.39 is 11.2 Å². The first-order valence-corrected chi connectivity index (χ1v) is 2.51. The molecule has 0 fully saturated rings. The van der Waals surface area contributed by atoms with E-state index in [0.717, 1.165) is 16.8 Å². The van der Waals surface area contributed by atoms with Gasteiger partial charge < -0.3 is 0 Å². The zero-order valence-electron chi connectivity index (χ0n) is 4.90. The molecule has 5 nitrogen and oxygen atoms in total. The summed E-state index contributed by atoms with van der Waals surface area (Å²) in [6.45, 7) is 0. The Morgan fingerprint density at radius 2 is 2.20 bits per heavy atom. The highest BCUT2D eigenvalue weighted by atomic mass is 16.2. The van der Waals surface area contributed by atoms with Crippen LogP contribution in [0.5, 0.6) is 0 Å². The van der Waals surface area contributed by atoms with E-state index in [2.05, 4.69) is 0 Å². The van der Waals surface area contributed by atoms with E-state index in [4.69, 9.17) is 0 Å². The van der Waals surface area contributed by atoms with Crippen molar-refractivity contribution in [2.75, 3.05) is 0 Å². The molecule has 1 aromatic rings. The minimum Gasteiger partial charge on any atom is -0.278 e. The average Bonchev–Trinajstić information content (AvgIpc) is 1.88. The largest absolute Gasteiger partial charge is 0.334 e. The van der Waals surface area contributed by atoms with Crippen LogP contribution in [-0.4, -0.2) is 16.0 Å². The van der Waals surface area contributed by atoms with Gasteiger partial charge in [0.1, 0.15) is 0 Å². The van der Waals surface area contributed by atoms with Gasteiger partial charge in [0.05, 0.1) is 0 Å². The standard InChI is InChI=1S/C5H4N2O3/c8-3-7-2-1-4(9)6-5(7)10/h1-3H,(H,6,9,10). The van der Waals surface area contributed by atoms with Crippen LogP contribution in [0, 0.1) is 0 Å². The second-order valence-electron chi connectivity index (χ2n) is 1.62. The van der Waals surface area contributed by atoms with Crippen molar-refractivity contribution in [2.24, 2.45) is 0 Å². The fourth-order valence-electron chi connectivity index (χ4n) is 0.510. The van der Waals surface area contributed by atoms with Crippen LogP contribution in [0.2, 0.25) is 0 Å². The lowest BCUT2D eigenvalue weighted by Crippen LogP contribution is -2.28. The van der Waals surface area contributed by atoms with Gasteiger partial charge in [-0.2, -0.15) is 0 Å². The third-order valence-electron chi connectivity index (χ3n) is 0.965. The number of hydrogen-bond donors (Lipinski definition) is 1. The first-order valence-electron chi connectivity index (χ1n) is 2.51. The normalized spacial score (nSPS) is 9.20. The van der Waals surface area contributed by atoms with Crippen molar-refractivity contribution in [1.82, 2.24) is 9.55 Å². The van der Waals surface area contributed by atoms with E-state index in [0.29, 0.717) is 6.41 Å². The number of nitrogens with one attached hydrogen (secondary N) is 1. The molecule has 0 spiro atoms. The molecule has 0 aliphatic carbocycles. The summed E-state index contributed by atoms with van der Waals surface area (Å²) in [7, 11) is 0. The minimum atomic E-state index is -0.720. The number of hydrogen-bond acceptors (Lipinski definition) is 3. The molecule has 0 aliphatic heterocycles. The smallest absolute Gasteiger partial charge is 0.278 e. The zero-order valence-corrected chi connectivity index (χ0v) is 4.90. The Bertz CT molecular complexity index is 348. The maximum absolute atomic E-state index is 10.5. The third kappa shape index (κ3) is 1.02. The number of carbonyl (C=O) groups is 1. The van der Waals surface area contributed by atoms with Gasteiger partial charge in [-0.3, -0.25) is 14.6 Å². The molecule has 0 saturated heterocycles. The molecule has 0 saturated carbocycles. The topological polar surface area (TPSA) is 71.9 Å². The fraction of sp³-hybridized carbons (Fsp3) is 0. The highest BCUT2D eigenvalue weighted by molar-refractivity contribution is 5.50. The molecule has 0 radical (unpaired) electrons. The van der Waals surface area contributed by atoms with Crippen molar-refractivity contribution in [3.63, 3.8) is 0 Å². The maximum atomic E-state index is 10.5. The van der Waals surface area contributed by atoms with E-state index in [9.17, 15) is 14.4 Å². The molecule has 0 aliphatic rings. The lowest BCUT2D eigenvalue weighted by Gasteiger charge is -1.88. The first kappa shape index (κ1) is 6.47. The van der Waals surface area contributed by atoms with Crippen LogP contribution in [0.4, 0.5) is 0 Å². The van der Waals surface area contributed by atoms with Gasteiger partial charge in [-0.15, -0.1) is 0 Å². The van der Waals surface area contributed by atoms with E-state index in [1.165, 1.54) is 0 Å². The van der Waals surface area contributed by atoms with E-state index >= 15 is 0 Å². The number of rotatable bonds is 1. The van der Waals surface area contributed by atoms with Gasteiger partial charge in [-0.05, 0) is 0 Å². The summed E-state index contributed by atoms with van der Waals surface area (Å²) in [6, 6.07) is 1.09. The quantitative estimate of drug-likeness (QED) is 0.486. The fourth-order valence-corrected chi connectivity index (χ4v) is 0.510. The van der Waals surface area contributed by atoms with E-state index in [1.54, 1.807) is 0 Å². The Labute approximate surface area is 54.9 Å². The van der Waals surface area contributed by atoms with Crippen molar-refractivity contribution < 1.29 is 4.79 Å². The minimum absolute atomic E-state index is 0.318. The molecule has 52 valence electrons. The van der Waals surface area contributed by atoms with Gasteiger partial charge in [0.25, 0.3) is 5.56 Å². The van der Waals surface area contributed by atoms with Crippen molar-refractivity contribution in [2.45, 2.75) is 0 Å². The molecule has 10 heavy (non-hydrogen) atoms. The van der Waals surface area contributed by atoms with Gasteiger partial charge in [-0.25, -0.2) is 9.36 Å². The van der Waals surface area contributed by atoms with Crippen LogP contribution in [0.15, 0.2) is 21.9 Å². The Morgan fingerprint density at radius 3 is 2.70 bits per heavy atom. The van der Waals surface area contributed by atoms with Crippen molar-refractivity contribution >= 4 is 6.41 Å². The zero-order chi connectivity index (χ0) is 7.56. The molecular formula is C5H4N2O3. The van der Waals surface area contributed by atoms with E-state index in [-0.39, 0.29) is 0 Å². The molecule has 0 unspecified atom stereocenters. The second-order valence-corrected chi connectivity index (χ2v) is 1.62. The van der Waals surface area contributed by atoms with E-state index in [1.807, 2.05) is 4.98 Å². The predicted molar refractivity (Wildman–Crippen MR) is 33.5 cm³/mol. The summed E-state index contributed by atoms with van der Waals surface area (Å²) in [6.07, 6.45) is 1.42. The molecule has 1 aromatic heterocycles. The van der Waals surface area contributed by atoms with Gasteiger partial charge >= 0.3 is 5.69 Å². The van der Waals surface area contributed by atoms with Gasteiger partial charge in [0.15, 0.2) is 0 Å². The number of H-pyrrole nitrogens is 1. The monoisotopic (exact) mass is 140 g/mol. The van der Waals surface area contributed by atoms with Gasteiger partial charge in [-0.1, -0.05) is 0 Å². The molecule has 1 rings (SSSR count). The van der Waals surface area contributed by atoms with Crippen LogP contribution in [-0.2, 0) is 4.79 Å². The van der Waals surface area contributed by atoms with Crippen LogP contribution in [0.25, 0.3) is 0 Å². The van der Waals surface area contributed by atoms with Crippen LogP contribution in [0.1, 0.15) is 0 Å².